The first-order chi connectivity index (χ1) is 7.83. The average Bonchev–Trinajstić information content (AvgIpc) is 2.75. The number of aliphatic hydroxyl groups is 1. The molecule has 0 bridgehead atoms. The van der Waals surface area contributed by atoms with Crippen LogP contribution in [0.15, 0.2) is 0 Å². The first-order valence-electron chi connectivity index (χ1n) is 6.91. The Balaban J connectivity index is 1.48. The molecule has 2 saturated heterocycles. The molecular weight excluding hydrogens is 200 g/mol. The summed E-state index contributed by atoms with van der Waals surface area (Å²) in [6.45, 7) is 4.13. The Hall–Kier alpha value is -0.120. The van der Waals surface area contributed by atoms with Crippen molar-refractivity contribution in [1.29, 1.82) is 0 Å². The quantitative estimate of drug-likeness (QED) is 0.730. The molecule has 3 nitrogen and oxygen atoms in total. The standard InChI is InChI=1S/C13H24N2O/c16-9-6-13(4-5-13)10-14-11-3-8-15-7-1-2-12(11)15/h11-12,14,16H,1-10H2. The van der Waals surface area contributed by atoms with E-state index in [4.69, 9.17) is 5.11 Å². The van der Waals surface area contributed by atoms with E-state index in [0.717, 1.165) is 25.0 Å². The lowest BCUT2D eigenvalue weighted by Crippen LogP contribution is -2.41. The van der Waals surface area contributed by atoms with E-state index in [1.807, 2.05) is 0 Å². The molecule has 2 heterocycles. The smallest absolute Gasteiger partial charge is 0.0436 e. The number of nitrogens with one attached hydrogen (secondary N) is 1. The van der Waals surface area contributed by atoms with Crippen LogP contribution < -0.4 is 5.32 Å². The first-order valence-corrected chi connectivity index (χ1v) is 6.91. The third kappa shape index (κ3) is 2.01. The monoisotopic (exact) mass is 224 g/mol. The lowest BCUT2D eigenvalue weighted by molar-refractivity contribution is 0.236. The van der Waals surface area contributed by atoms with Gasteiger partial charge in [0.15, 0.2) is 0 Å². The van der Waals surface area contributed by atoms with Crippen molar-refractivity contribution < 1.29 is 5.11 Å². The molecule has 3 rings (SSSR count). The fourth-order valence-electron chi connectivity index (χ4n) is 3.60. The summed E-state index contributed by atoms with van der Waals surface area (Å²) in [4.78, 5) is 2.66. The highest BCUT2D eigenvalue weighted by Crippen LogP contribution is 2.48. The maximum atomic E-state index is 9.05. The van der Waals surface area contributed by atoms with Crippen LogP contribution in [-0.2, 0) is 0 Å². The molecule has 0 radical (unpaired) electrons. The van der Waals surface area contributed by atoms with Crippen molar-refractivity contribution in [2.75, 3.05) is 26.2 Å². The van der Waals surface area contributed by atoms with Gasteiger partial charge in [0.2, 0.25) is 0 Å². The Morgan fingerprint density at radius 2 is 2.12 bits per heavy atom. The van der Waals surface area contributed by atoms with Gasteiger partial charge in [-0.1, -0.05) is 0 Å². The minimum atomic E-state index is 0.363. The molecular formula is C13H24N2O. The van der Waals surface area contributed by atoms with Gasteiger partial charge >= 0.3 is 0 Å². The van der Waals surface area contributed by atoms with Gasteiger partial charge in [-0.2, -0.15) is 0 Å². The number of aliphatic hydroxyl groups excluding tert-OH is 1. The van der Waals surface area contributed by atoms with Gasteiger partial charge < -0.3 is 10.4 Å². The Morgan fingerprint density at radius 3 is 2.88 bits per heavy atom. The van der Waals surface area contributed by atoms with Crippen LogP contribution in [0.5, 0.6) is 0 Å². The van der Waals surface area contributed by atoms with Crippen molar-refractivity contribution >= 4 is 0 Å². The summed E-state index contributed by atoms with van der Waals surface area (Å²) in [5.74, 6) is 0. The second kappa shape index (κ2) is 4.28. The van der Waals surface area contributed by atoms with Gasteiger partial charge in [0.1, 0.15) is 0 Å². The second-order valence-electron chi connectivity index (χ2n) is 6.00. The van der Waals surface area contributed by atoms with Crippen LogP contribution in [0.2, 0.25) is 0 Å². The number of nitrogens with zero attached hydrogens (tertiary/aromatic N) is 1. The molecule has 92 valence electrons. The van der Waals surface area contributed by atoms with Crippen LogP contribution >= 0.6 is 0 Å². The molecule has 16 heavy (non-hydrogen) atoms. The first kappa shape index (κ1) is 11.0. The molecule has 2 N–H and O–H groups in total. The molecule has 0 aromatic rings. The molecule has 0 aromatic heterocycles. The van der Waals surface area contributed by atoms with Crippen LogP contribution in [0.4, 0.5) is 0 Å². The zero-order chi connectivity index (χ0) is 11.0. The lowest BCUT2D eigenvalue weighted by atomic mass is 10.0. The van der Waals surface area contributed by atoms with E-state index in [9.17, 15) is 0 Å². The summed E-state index contributed by atoms with van der Waals surface area (Å²) in [7, 11) is 0. The fourth-order valence-corrected chi connectivity index (χ4v) is 3.60. The molecule has 0 spiro atoms. The van der Waals surface area contributed by atoms with Crippen molar-refractivity contribution in [1.82, 2.24) is 10.2 Å². The molecule has 1 saturated carbocycles. The molecule has 1 aliphatic carbocycles. The SMILES string of the molecule is OCCC1(CNC2CCN3CCCC23)CC1. The van der Waals surface area contributed by atoms with Crippen molar-refractivity contribution in [3.63, 3.8) is 0 Å². The third-order valence-corrected chi connectivity index (χ3v) is 4.94. The van der Waals surface area contributed by atoms with Crippen LogP contribution in [0, 0.1) is 5.41 Å². The van der Waals surface area contributed by atoms with Crippen LogP contribution in [0.1, 0.15) is 38.5 Å². The predicted molar refractivity (Wildman–Crippen MR) is 64.4 cm³/mol. The molecule has 3 aliphatic rings. The van der Waals surface area contributed by atoms with Crippen molar-refractivity contribution in [2.45, 2.75) is 50.6 Å². The van der Waals surface area contributed by atoms with E-state index >= 15 is 0 Å². The Morgan fingerprint density at radius 1 is 1.25 bits per heavy atom. The molecule has 0 aromatic carbocycles. The predicted octanol–water partition coefficient (Wildman–Crippen LogP) is 0.975. The van der Waals surface area contributed by atoms with E-state index in [1.54, 1.807) is 0 Å². The molecule has 0 amide bonds. The van der Waals surface area contributed by atoms with Crippen LogP contribution in [-0.4, -0.2) is 48.3 Å². The van der Waals surface area contributed by atoms with Gasteiger partial charge in [-0.15, -0.1) is 0 Å². The summed E-state index contributed by atoms with van der Waals surface area (Å²) >= 11 is 0. The van der Waals surface area contributed by atoms with Crippen molar-refractivity contribution in [3.05, 3.63) is 0 Å². The van der Waals surface area contributed by atoms with E-state index in [1.165, 1.54) is 45.2 Å². The molecule has 3 heteroatoms. The minimum Gasteiger partial charge on any atom is -0.396 e. The van der Waals surface area contributed by atoms with Gasteiger partial charge in [0.25, 0.3) is 0 Å². The third-order valence-electron chi connectivity index (χ3n) is 4.94. The summed E-state index contributed by atoms with van der Waals surface area (Å²) in [6.07, 6.45) is 7.76. The van der Waals surface area contributed by atoms with Gasteiger partial charge in [0.05, 0.1) is 0 Å². The van der Waals surface area contributed by atoms with E-state index < -0.39 is 0 Å². The maximum Gasteiger partial charge on any atom is 0.0436 e. The summed E-state index contributed by atoms with van der Waals surface area (Å²) in [6, 6.07) is 1.56. The summed E-state index contributed by atoms with van der Waals surface area (Å²) < 4.78 is 0. The number of fused-ring (bicyclic) bond motifs is 1. The normalized spacial score (nSPS) is 36.6. The highest BCUT2D eigenvalue weighted by atomic mass is 16.3. The second-order valence-corrected chi connectivity index (χ2v) is 6.00. The van der Waals surface area contributed by atoms with E-state index in [-0.39, 0.29) is 0 Å². The maximum absolute atomic E-state index is 9.05. The highest BCUT2D eigenvalue weighted by Gasteiger charge is 2.43. The number of hydrogen-bond donors (Lipinski definition) is 2. The van der Waals surface area contributed by atoms with Crippen molar-refractivity contribution in [3.8, 4) is 0 Å². The fraction of sp³-hybridized carbons (Fsp3) is 1.00. The molecule has 3 fully saturated rings. The molecule has 2 atom stereocenters. The average molecular weight is 224 g/mol. The largest absolute Gasteiger partial charge is 0.396 e. The van der Waals surface area contributed by atoms with Gasteiger partial charge in [-0.05, 0) is 50.5 Å². The van der Waals surface area contributed by atoms with E-state index in [0.29, 0.717) is 12.0 Å². The minimum absolute atomic E-state index is 0.363. The summed E-state index contributed by atoms with van der Waals surface area (Å²) in [5, 5.41) is 12.8. The van der Waals surface area contributed by atoms with E-state index in [2.05, 4.69) is 10.2 Å². The van der Waals surface area contributed by atoms with Gasteiger partial charge in [0, 0.05) is 31.8 Å². The zero-order valence-electron chi connectivity index (χ0n) is 10.1. The number of rotatable bonds is 5. The topological polar surface area (TPSA) is 35.5 Å². The van der Waals surface area contributed by atoms with Gasteiger partial charge in [-0.3, -0.25) is 4.90 Å². The molecule has 2 aliphatic heterocycles. The molecule has 2 unspecified atom stereocenters. The van der Waals surface area contributed by atoms with Crippen molar-refractivity contribution in [2.24, 2.45) is 5.41 Å². The van der Waals surface area contributed by atoms with Gasteiger partial charge in [-0.25, -0.2) is 0 Å². The Bertz CT molecular complexity index is 252. The highest BCUT2D eigenvalue weighted by molar-refractivity contribution is 5.00. The summed E-state index contributed by atoms with van der Waals surface area (Å²) in [5.41, 5.74) is 0.473. The van der Waals surface area contributed by atoms with Crippen LogP contribution in [0.25, 0.3) is 0 Å². The Kier molecular flexibility index (Phi) is 2.94. The lowest BCUT2D eigenvalue weighted by Gasteiger charge is -2.24. The number of hydrogen-bond acceptors (Lipinski definition) is 3. The zero-order valence-corrected chi connectivity index (χ0v) is 10.1. The Labute approximate surface area is 98.2 Å². The van der Waals surface area contributed by atoms with Crippen LogP contribution in [0.3, 0.4) is 0 Å².